The first-order valence-electron chi connectivity index (χ1n) is 9.25. The average Bonchev–Trinajstić information content (AvgIpc) is 3.25. The van der Waals surface area contributed by atoms with E-state index in [2.05, 4.69) is 10.6 Å². The highest BCUT2D eigenvalue weighted by Crippen LogP contribution is 2.36. The third-order valence-corrected chi connectivity index (χ3v) is 4.91. The molecule has 1 heterocycles. The van der Waals surface area contributed by atoms with Crippen molar-refractivity contribution in [2.24, 2.45) is 0 Å². The molecule has 0 bridgehead atoms. The van der Waals surface area contributed by atoms with Crippen LogP contribution in [0.25, 0.3) is 0 Å². The van der Waals surface area contributed by atoms with Crippen molar-refractivity contribution >= 4 is 29.1 Å². The van der Waals surface area contributed by atoms with Crippen LogP contribution in [0.2, 0.25) is 5.02 Å². The number of ether oxygens (including phenoxy) is 3. The Morgan fingerprint density at radius 1 is 1.17 bits per heavy atom. The number of nitrogens with one attached hydrogen (secondary N) is 2. The zero-order valence-corrected chi connectivity index (χ0v) is 17.0. The summed E-state index contributed by atoms with van der Waals surface area (Å²) in [5.41, 5.74) is 1.04. The summed E-state index contributed by atoms with van der Waals surface area (Å²) in [5.74, 6) is -0.0126. The van der Waals surface area contributed by atoms with E-state index >= 15 is 0 Å². The fourth-order valence-electron chi connectivity index (χ4n) is 3.14. The first-order chi connectivity index (χ1) is 14.0. The maximum Gasteiger partial charge on any atom is 0.255 e. The SMILES string of the molecule is COc1cc(C(=O)Nc2ccccc2C(=O)NCC2CCCO2)cc(Cl)c1OC. The highest BCUT2D eigenvalue weighted by atomic mass is 35.5. The number of methoxy groups -OCH3 is 2. The molecule has 0 aromatic heterocycles. The zero-order valence-electron chi connectivity index (χ0n) is 16.3. The first-order valence-corrected chi connectivity index (χ1v) is 9.63. The number of halogens is 1. The second-order valence-electron chi connectivity index (χ2n) is 6.54. The molecule has 1 aliphatic heterocycles. The van der Waals surface area contributed by atoms with Gasteiger partial charge in [0.2, 0.25) is 0 Å². The van der Waals surface area contributed by atoms with Gasteiger partial charge in [0.1, 0.15) is 0 Å². The third-order valence-electron chi connectivity index (χ3n) is 4.63. The molecule has 1 unspecified atom stereocenters. The second-order valence-corrected chi connectivity index (χ2v) is 6.95. The Hall–Kier alpha value is -2.77. The summed E-state index contributed by atoms with van der Waals surface area (Å²) in [6.45, 7) is 1.16. The average molecular weight is 419 g/mol. The van der Waals surface area contributed by atoms with Crippen molar-refractivity contribution in [1.29, 1.82) is 0 Å². The van der Waals surface area contributed by atoms with Gasteiger partial charge in [-0.25, -0.2) is 0 Å². The van der Waals surface area contributed by atoms with Crippen molar-refractivity contribution in [3.63, 3.8) is 0 Å². The molecule has 2 aromatic rings. The molecular formula is C21H23ClN2O5. The molecule has 29 heavy (non-hydrogen) atoms. The molecule has 1 fully saturated rings. The number of rotatable bonds is 7. The minimum Gasteiger partial charge on any atom is -0.493 e. The van der Waals surface area contributed by atoms with Crippen LogP contribution in [0.15, 0.2) is 36.4 Å². The minimum absolute atomic E-state index is 0.0367. The molecule has 2 N–H and O–H groups in total. The van der Waals surface area contributed by atoms with Crippen LogP contribution in [0.5, 0.6) is 11.5 Å². The van der Waals surface area contributed by atoms with Crippen molar-refractivity contribution in [2.45, 2.75) is 18.9 Å². The fourth-order valence-corrected chi connectivity index (χ4v) is 3.43. The number of anilines is 1. The van der Waals surface area contributed by atoms with Gasteiger partial charge < -0.3 is 24.8 Å². The maximum absolute atomic E-state index is 12.8. The van der Waals surface area contributed by atoms with Crippen LogP contribution in [0, 0.1) is 0 Å². The topological polar surface area (TPSA) is 85.9 Å². The van der Waals surface area contributed by atoms with E-state index in [9.17, 15) is 9.59 Å². The van der Waals surface area contributed by atoms with Crippen LogP contribution < -0.4 is 20.1 Å². The molecule has 7 nitrogen and oxygen atoms in total. The van der Waals surface area contributed by atoms with Crippen LogP contribution in [0.4, 0.5) is 5.69 Å². The van der Waals surface area contributed by atoms with Gasteiger partial charge in [0, 0.05) is 18.7 Å². The molecule has 2 amide bonds. The van der Waals surface area contributed by atoms with E-state index in [0.717, 1.165) is 19.4 Å². The summed E-state index contributed by atoms with van der Waals surface area (Å²) in [6.07, 6.45) is 1.97. The van der Waals surface area contributed by atoms with Gasteiger partial charge in [-0.3, -0.25) is 9.59 Å². The van der Waals surface area contributed by atoms with Crippen LogP contribution in [-0.2, 0) is 4.74 Å². The van der Waals surface area contributed by atoms with Gasteiger partial charge in [0.05, 0.1) is 36.6 Å². The van der Waals surface area contributed by atoms with Gasteiger partial charge in [0.15, 0.2) is 11.5 Å². The predicted molar refractivity (Wildman–Crippen MR) is 110 cm³/mol. The van der Waals surface area contributed by atoms with Gasteiger partial charge in [-0.05, 0) is 37.1 Å². The van der Waals surface area contributed by atoms with Crippen molar-refractivity contribution < 1.29 is 23.8 Å². The Bertz CT molecular complexity index is 897. The van der Waals surface area contributed by atoms with E-state index in [1.165, 1.54) is 26.4 Å². The van der Waals surface area contributed by atoms with Crippen molar-refractivity contribution in [2.75, 3.05) is 32.7 Å². The third kappa shape index (κ3) is 4.99. The minimum atomic E-state index is -0.424. The van der Waals surface area contributed by atoms with E-state index < -0.39 is 5.91 Å². The lowest BCUT2D eigenvalue weighted by atomic mass is 10.1. The Morgan fingerprint density at radius 3 is 2.66 bits per heavy atom. The smallest absolute Gasteiger partial charge is 0.255 e. The van der Waals surface area contributed by atoms with Gasteiger partial charge in [-0.15, -0.1) is 0 Å². The van der Waals surface area contributed by atoms with E-state index in [1.54, 1.807) is 24.3 Å². The van der Waals surface area contributed by atoms with Gasteiger partial charge in [-0.2, -0.15) is 0 Å². The molecule has 2 aromatic carbocycles. The number of carbonyl (C=O) groups excluding carboxylic acids is 2. The standard InChI is InChI=1S/C21H23ClN2O5/c1-27-18-11-13(10-16(22)19(18)28-2)20(25)24-17-8-4-3-7-15(17)21(26)23-12-14-6-5-9-29-14/h3-4,7-8,10-11,14H,5-6,9,12H2,1-2H3,(H,23,26)(H,24,25). The lowest BCUT2D eigenvalue weighted by Gasteiger charge is -2.15. The molecule has 3 rings (SSSR count). The Labute approximate surface area is 174 Å². The molecule has 154 valence electrons. The van der Waals surface area contributed by atoms with Crippen LogP contribution in [0.1, 0.15) is 33.6 Å². The fraction of sp³-hybridized carbons (Fsp3) is 0.333. The van der Waals surface area contributed by atoms with Crippen LogP contribution in [0.3, 0.4) is 0 Å². The predicted octanol–water partition coefficient (Wildman–Crippen LogP) is 3.52. The van der Waals surface area contributed by atoms with Crippen molar-refractivity contribution in [1.82, 2.24) is 5.32 Å². The lowest BCUT2D eigenvalue weighted by Crippen LogP contribution is -2.32. The first kappa shape index (κ1) is 21.0. The molecular weight excluding hydrogens is 396 g/mol. The molecule has 1 aliphatic rings. The Kier molecular flexibility index (Phi) is 6.95. The molecule has 0 spiro atoms. The lowest BCUT2D eigenvalue weighted by molar-refractivity contribution is 0.0858. The van der Waals surface area contributed by atoms with Crippen LogP contribution in [-0.4, -0.2) is 45.3 Å². The van der Waals surface area contributed by atoms with E-state index in [0.29, 0.717) is 29.3 Å². The number of benzene rings is 2. The van der Waals surface area contributed by atoms with E-state index in [4.69, 9.17) is 25.8 Å². The van der Waals surface area contributed by atoms with Crippen molar-refractivity contribution in [3.05, 3.63) is 52.5 Å². The molecule has 0 radical (unpaired) electrons. The number of hydrogen-bond donors (Lipinski definition) is 2. The summed E-state index contributed by atoms with van der Waals surface area (Å²) < 4.78 is 15.9. The second kappa shape index (κ2) is 9.62. The van der Waals surface area contributed by atoms with Gasteiger partial charge in [-0.1, -0.05) is 23.7 Å². The Morgan fingerprint density at radius 2 is 1.97 bits per heavy atom. The summed E-state index contributed by atoms with van der Waals surface area (Å²) >= 11 is 6.18. The van der Waals surface area contributed by atoms with Crippen molar-refractivity contribution in [3.8, 4) is 11.5 Å². The monoisotopic (exact) mass is 418 g/mol. The maximum atomic E-state index is 12.8. The zero-order chi connectivity index (χ0) is 20.8. The number of hydrogen-bond acceptors (Lipinski definition) is 5. The summed E-state index contributed by atoms with van der Waals surface area (Å²) in [5, 5.41) is 5.88. The molecule has 0 aliphatic carbocycles. The number of carbonyl (C=O) groups is 2. The molecule has 1 atom stereocenters. The normalized spacial score (nSPS) is 15.6. The largest absolute Gasteiger partial charge is 0.493 e. The Balaban J connectivity index is 1.75. The molecule has 0 saturated carbocycles. The summed E-state index contributed by atoms with van der Waals surface area (Å²) in [4.78, 5) is 25.4. The summed E-state index contributed by atoms with van der Waals surface area (Å²) in [6, 6.07) is 9.82. The van der Waals surface area contributed by atoms with Crippen LogP contribution >= 0.6 is 11.6 Å². The van der Waals surface area contributed by atoms with Gasteiger partial charge >= 0.3 is 0 Å². The molecule has 8 heteroatoms. The van der Waals surface area contributed by atoms with Gasteiger partial charge in [0.25, 0.3) is 11.8 Å². The molecule has 1 saturated heterocycles. The number of amides is 2. The highest BCUT2D eigenvalue weighted by Gasteiger charge is 2.20. The number of para-hydroxylation sites is 1. The quantitative estimate of drug-likeness (QED) is 0.718. The highest BCUT2D eigenvalue weighted by molar-refractivity contribution is 6.32. The summed E-state index contributed by atoms with van der Waals surface area (Å²) in [7, 11) is 2.93. The van der Waals surface area contributed by atoms with E-state index in [-0.39, 0.29) is 22.6 Å². The van der Waals surface area contributed by atoms with E-state index in [1.807, 2.05) is 0 Å².